The molecule has 2 aromatic rings. The number of ether oxygens (including phenoxy) is 2. The van der Waals surface area contributed by atoms with Gasteiger partial charge in [0.25, 0.3) is 0 Å². The molecular formula is C21H23ClN4O4. The van der Waals surface area contributed by atoms with Gasteiger partial charge >= 0.3 is 6.03 Å². The molecule has 0 saturated carbocycles. The number of rotatable bonds is 4. The van der Waals surface area contributed by atoms with Gasteiger partial charge in [0.15, 0.2) is 11.5 Å². The molecule has 2 heterocycles. The Morgan fingerprint density at radius 3 is 2.33 bits per heavy atom. The molecule has 2 aromatic carbocycles. The lowest BCUT2D eigenvalue weighted by atomic mass is 10.2. The highest BCUT2D eigenvalue weighted by molar-refractivity contribution is 6.30. The Kier molecular flexibility index (Phi) is 5.96. The van der Waals surface area contributed by atoms with Gasteiger partial charge < -0.3 is 25.0 Å². The second-order valence-corrected chi connectivity index (χ2v) is 7.63. The maximum absolute atomic E-state index is 12.7. The predicted octanol–water partition coefficient (Wildman–Crippen LogP) is 3.25. The molecule has 0 radical (unpaired) electrons. The van der Waals surface area contributed by atoms with Crippen molar-refractivity contribution in [3.8, 4) is 11.5 Å². The Morgan fingerprint density at radius 2 is 1.60 bits per heavy atom. The van der Waals surface area contributed by atoms with Crippen molar-refractivity contribution in [3.05, 3.63) is 47.5 Å². The number of fused-ring (bicyclic) bond motifs is 1. The molecule has 0 aromatic heterocycles. The van der Waals surface area contributed by atoms with Gasteiger partial charge in [0.05, 0.1) is 6.04 Å². The highest BCUT2D eigenvalue weighted by atomic mass is 35.5. The van der Waals surface area contributed by atoms with Gasteiger partial charge in [-0.05, 0) is 43.3 Å². The average Bonchev–Trinajstić information content (AvgIpc) is 3.23. The number of amides is 3. The number of hydrogen-bond acceptors (Lipinski definition) is 5. The molecule has 158 valence electrons. The number of carbonyl (C=O) groups is 2. The lowest BCUT2D eigenvalue weighted by molar-refractivity contribution is -0.121. The number of hydrogen-bond donors (Lipinski definition) is 2. The van der Waals surface area contributed by atoms with Crippen molar-refractivity contribution in [2.24, 2.45) is 0 Å². The lowest BCUT2D eigenvalue weighted by Gasteiger charge is -2.37. The third-order valence-corrected chi connectivity index (χ3v) is 5.52. The van der Waals surface area contributed by atoms with Gasteiger partial charge in [-0.15, -0.1) is 0 Å². The van der Waals surface area contributed by atoms with E-state index in [0.29, 0.717) is 54.1 Å². The molecule has 4 rings (SSSR count). The summed E-state index contributed by atoms with van der Waals surface area (Å²) in [7, 11) is 0. The molecule has 1 fully saturated rings. The normalized spacial score (nSPS) is 16.8. The first-order chi connectivity index (χ1) is 14.5. The van der Waals surface area contributed by atoms with Crippen LogP contribution in [0, 0.1) is 0 Å². The summed E-state index contributed by atoms with van der Waals surface area (Å²) in [5, 5.41) is 6.41. The lowest BCUT2D eigenvalue weighted by Crippen LogP contribution is -2.54. The summed E-state index contributed by atoms with van der Waals surface area (Å²) in [6, 6.07) is 11.8. The van der Waals surface area contributed by atoms with Crippen molar-refractivity contribution in [2.75, 3.05) is 43.6 Å². The minimum atomic E-state index is -0.322. The Bertz CT molecular complexity index is 929. The molecule has 8 nitrogen and oxygen atoms in total. The molecule has 3 amide bonds. The molecule has 0 aliphatic carbocycles. The fourth-order valence-corrected chi connectivity index (χ4v) is 3.56. The number of carbonyl (C=O) groups excluding carboxylic acids is 2. The van der Waals surface area contributed by atoms with E-state index in [-0.39, 0.29) is 24.8 Å². The predicted molar refractivity (Wildman–Crippen MR) is 114 cm³/mol. The first-order valence-corrected chi connectivity index (χ1v) is 10.1. The Morgan fingerprint density at radius 1 is 0.933 bits per heavy atom. The van der Waals surface area contributed by atoms with Crippen LogP contribution in [0.3, 0.4) is 0 Å². The van der Waals surface area contributed by atoms with E-state index in [0.717, 1.165) is 0 Å². The van der Waals surface area contributed by atoms with Crippen molar-refractivity contribution in [2.45, 2.75) is 13.0 Å². The van der Waals surface area contributed by atoms with E-state index in [9.17, 15) is 9.59 Å². The summed E-state index contributed by atoms with van der Waals surface area (Å²) in [4.78, 5) is 28.9. The van der Waals surface area contributed by atoms with E-state index >= 15 is 0 Å². The first kappa shape index (κ1) is 20.3. The van der Waals surface area contributed by atoms with Gasteiger partial charge in [-0.25, -0.2) is 4.79 Å². The minimum absolute atomic E-state index is 0.104. The van der Waals surface area contributed by atoms with Crippen molar-refractivity contribution in [1.29, 1.82) is 0 Å². The van der Waals surface area contributed by atoms with E-state index in [1.54, 1.807) is 47.4 Å². The van der Waals surface area contributed by atoms with E-state index in [2.05, 4.69) is 15.5 Å². The van der Waals surface area contributed by atoms with Gasteiger partial charge in [0.1, 0.15) is 0 Å². The van der Waals surface area contributed by atoms with Crippen LogP contribution in [0.5, 0.6) is 11.5 Å². The van der Waals surface area contributed by atoms with Gasteiger partial charge in [-0.1, -0.05) is 11.6 Å². The summed E-state index contributed by atoms with van der Waals surface area (Å²) in [5.41, 5.74) is 1.36. The number of nitrogens with zero attached hydrogens (tertiary/aromatic N) is 2. The smallest absolute Gasteiger partial charge is 0.321 e. The number of nitrogens with one attached hydrogen (secondary N) is 2. The zero-order chi connectivity index (χ0) is 21.1. The van der Waals surface area contributed by atoms with Crippen LogP contribution in [0.2, 0.25) is 5.02 Å². The molecule has 0 bridgehead atoms. The Labute approximate surface area is 179 Å². The van der Waals surface area contributed by atoms with Crippen molar-refractivity contribution < 1.29 is 19.1 Å². The largest absolute Gasteiger partial charge is 0.454 e. The van der Waals surface area contributed by atoms with Gasteiger partial charge in [-0.3, -0.25) is 9.69 Å². The third-order valence-electron chi connectivity index (χ3n) is 5.26. The summed E-state index contributed by atoms with van der Waals surface area (Å²) < 4.78 is 10.6. The molecule has 30 heavy (non-hydrogen) atoms. The number of piperazine rings is 1. The number of benzene rings is 2. The Balaban J connectivity index is 1.27. The topological polar surface area (TPSA) is 83.1 Å². The standard InChI is InChI=1S/C21H23ClN4O4/c1-14(20(27)23-17-6-7-18-19(12-17)30-13-29-18)25-8-10-26(11-9-25)21(28)24-16-4-2-15(22)3-5-16/h2-7,12,14H,8-11,13H2,1H3,(H,23,27)(H,24,28)/t14-/m1/s1. The molecule has 2 aliphatic heterocycles. The van der Waals surface area contributed by atoms with Crippen LogP contribution < -0.4 is 20.1 Å². The van der Waals surface area contributed by atoms with Crippen LogP contribution in [-0.4, -0.2) is 60.8 Å². The summed E-state index contributed by atoms with van der Waals surface area (Å²) in [5.74, 6) is 1.20. The fraction of sp³-hybridized carbons (Fsp3) is 0.333. The quantitative estimate of drug-likeness (QED) is 0.778. The van der Waals surface area contributed by atoms with Crippen LogP contribution in [0.1, 0.15) is 6.92 Å². The maximum atomic E-state index is 12.7. The molecule has 1 saturated heterocycles. The number of urea groups is 1. The average molecular weight is 431 g/mol. The third kappa shape index (κ3) is 4.60. The van der Waals surface area contributed by atoms with Crippen LogP contribution in [0.25, 0.3) is 0 Å². The molecule has 0 unspecified atom stereocenters. The summed E-state index contributed by atoms with van der Waals surface area (Å²) in [6.45, 7) is 4.38. The van der Waals surface area contributed by atoms with E-state index in [4.69, 9.17) is 21.1 Å². The first-order valence-electron chi connectivity index (χ1n) is 9.75. The van der Waals surface area contributed by atoms with E-state index in [1.165, 1.54) is 0 Å². The zero-order valence-electron chi connectivity index (χ0n) is 16.6. The molecule has 1 atom stereocenters. The molecular weight excluding hydrogens is 408 g/mol. The van der Waals surface area contributed by atoms with Gasteiger partial charge in [0, 0.05) is 48.6 Å². The highest BCUT2D eigenvalue weighted by Crippen LogP contribution is 2.34. The van der Waals surface area contributed by atoms with Crippen LogP contribution in [0.4, 0.5) is 16.2 Å². The second-order valence-electron chi connectivity index (χ2n) is 7.19. The van der Waals surface area contributed by atoms with Crippen molar-refractivity contribution in [3.63, 3.8) is 0 Å². The molecule has 0 spiro atoms. The SMILES string of the molecule is C[C@H](C(=O)Nc1ccc2c(c1)OCO2)N1CCN(C(=O)Nc2ccc(Cl)cc2)CC1. The highest BCUT2D eigenvalue weighted by Gasteiger charge is 2.28. The van der Waals surface area contributed by atoms with Crippen LogP contribution in [-0.2, 0) is 4.79 Å². The monoisotopic (exact) mass is 430 g/mol. The maximum Gasteiger partial charge on any atom is 0.321 e. The molecule has 2 aliphatic rings. The van der Waals surface area contributed by atoms with E-state index < -0.39 is 0 Å². The number of halogens is 1. The molecule has 9 heteroatoms. The van der Waals surface area contributed by atoms with Crippen LogP contribution >= 0.6 is 11.6 Å². The van der Waals surface area contributed by atoms with Crippen molar-refractivity contribution >= 4 is 34.9 Å². The minimum Gasteiger partial charge on any atom is -0.454 e. The fourth-order valence-electron chi connectivity index (χ4n) is 3.43. The van der Waals surface area contributed by atoms with Gasteiger partial charge in [0.2, 0.25) is 12.7 Å². The van der Waals surface area contributed by atoms with E-state index in [1.807, 2.05) is 6.92 Å². The number of anilines is 2. The summed E-state index contributed by atoms with van der Waals surface area (Å²) in [6.07, 6.45) is 0. The van der Waals surface area contributed by atoms with Gasteiger partial charge in [-0.2, -0.15) is 0 Å². The Hall–Kier alpha value is -2.97. The summed E-state index contributed by atoms with van der Waals surface area (Å²) >= 11 is 5.87. The van der Waals surface area contributed by atoms with Crippen LogP contribution in [0.15, 0.2) is 42.5 Å². The second kappa shape index (κ2) is 8.81. The van der Waals surface area contributed by atoms with Crippen molar-refractivity contribution in [1.82, 2.24) is 9.80 Å². The zero-order valence-corrected chi connectivity index (χ0v) is 17.3. The molecule has 2 N–H and O–H groups in total.